The van der Waals surface area contributed by atoms with Crippen molar-refractivity contribution in [2.24, 2.45) is 0 Å². The first-order valence-electron chi connectivity index (χ1n) is 5.66. The summed E-state index contributed by atoms with van der Waals surface area (Å²) in [6.07, 6.45) is 1.32. The van der Waals surface area contributed by atoms with Crippen molar-refractivity contribution >= 4 is 22.9 Å². The molecule has 0 unspecified atom stereocenters. The van der Waals surface area contributed by atoms with Crippen molar-refractivity contribution in [2.45, 2.75) is 6.92 Å². The summed E-state index contributed by atoms with van der Waals surface area (Å²) >= 11 is 0. The summed E-state index contributed by atoms with van der Waals surface area (Å²) in [5, 5.41) is 13.4. The maximum atomic E-state index is 10.9. The average Bonchev–Trinajstić information content (AvgIpc) is 2.76. The van der Waals surface area contributed by atoms with E-state index in [9.17, 15) is 4.79 Å². The molecule has 1 N–H and O–H groups in total. The van der Waals surface area contributed by atoms with Gasteiger partial charge in [0.15, 0.2) is 0 Å². The number of fused-ring (bicyclic) bond motifs is 1. The van der Waals surface area contributed by atoms with Gasteiger partial charge in [0.1, 0.15) is 24.1 Å². The molecule has 0 bridgehead atoms. The minimum Gasteiger partial charge on any atom is -0.480 e. The predicted octanol–water partition coefficient (Wildman–Crippen LogP) is 0.464. The number of hydrogen-bond donors (Lipinski definition) is 1. The highest BCUT2D eigenvalue weighted by atomic mass is 16.5. The summed E-state index contributed by atoms with van der Waals surface area (Å²) in [6, 6.07) is 0. The van der Waals surface area contributed by atoms with Gasteiger partial charge in [-0.15, -0.1) is 0 Å². The summed E-state index contributed by atoms with van der Waals surface area (Å²) in [4.78, 5) is 20.6. The topological polar surface area (TPSA) is 102 Å². The molecule has 2 rings (SSSR count). The molecule has 0 aromatic carbocycles. The maximum absolute atomic E-state index is 10.9. The molecule has 0 aliphatic heterocycles. The lowest BCUT2D eigenvalue weighted by Crippen LogP contribution is -2.33. The molecule has 102 valence electrons. The minimum absolute atomic E-state index is 0.180. The molecule has 0 saturated heterocycles. The summed E-state index contributed by atoms with van der Waals surface area (Å²) < 4.78 is 10.0. The molecule has 0 fully saturated rings. The Bertz CT molecular complexity index is 583. The highest BCUT2D eigenvalue weighted by molar-refractivity contribution is 5.89. The number of carboxylic acid groups (broad SMARTS) is 1. The molecule has 0 atom stereocenters. The number of carbonyl (C=O) groups is 1. The second-order valence-electron chi connectivity index (χ2n) is 3.95. The van der Waals surface area contributed by atoms with E-state index >= 15 is 0 Å². The zero-order chi connectivity index (χ0) is 13.8. The molecule has 2 aromatic rings. The van der Waals surface area contributed by atoms with E-state index in [2.05, 4.69) is 15.1 Å². The Balaban J connectivity index is 2.42. The first kappa shape index (κ1) is 13.2. The fourth-order valence-corrected chi connectivity index (χ4v) is 1.77. The van der Waals surface area contributed by atoms with Crippen LogP contribution in [-0.2, 0) is 9.53 Å². The lowest BCUT2D eigenvalue weighted by molar-refractivity contribution is -0.135. The van der Waals surface area contributed by atoms with Gasteiger partial charge in [-0.1, -0.05) is 5.16 Å². The third-order valence-corrected chi connectivity index (χ3v) is 2.61. The van der Waals surface area contributed by atoms with Crippen molar-refractivity contribution in [3.05, 3.63) is 12.0 Å². The van der Waals surface area contributed by atoms with Crippen molar-refractivity contribution in [1.82, 2.24) is 15.1 Å². The Labute approximate surface area is 109 Å². The largest absolute Gasteiger partial charge is 0.480 e. The van der Waals surface area contributed by atoms with Gasteiger partial charge in [0.05, 0.1) is 12.3 Å². The van der Waals surface area contributed by atoms with Crippen LogP contribution in [0.25, 0.3) is 11.1 Å². The van der Waals surface area contributed by atoms with Crippen LogP contribution < -0.4 is 4.90 Å². The van der Waals surface area contributed by atoms with E-state index in [4.69, 9.17) is 14.4 Å². The van der Waals surface area contributed by atoms with Crippen LogP contribution in [0.1, 0.15) is 5.69 Å². The highest BCUT2D eigenvalue weighted by Crippen LogP contribution is 2.25. The quantitative estimate of drug-likeness (QED) is 0.804. The minimum atomic E-state index is -0.947. The van der Waals surface area contributed by atoms with E-state index in [1.165, 1.54) is 6.33 Å². The maximum Gasteiger partial charge on any atom is 0.323 e. The van der Waals surface area contributed by atoms with Crippen LogP contribution in [-0.4, -0.2) is 53.0 Å². The number of aromatic nitrogens is 3. The summed E-state index contributed by atoms with van der Waals surface area (Å²) in [5.74, 6) is -0.458. The monoisotopic (exact) mass is 266 g/mol. The van der Waals surface area contributed by atoms with Crippen molar-refractivity contribution in [3.8, 4) is 0 Å². The summed E-state index contributed by atoms with van der Waals surface area (Å²) in [5.41, 5.74) is 0.966. The van der Waals surface area contributed by atoms with Crippen molar-refractivity contribution in [3.63, 3.8) is 0 Å². The van der Waals surface area contributed by atoms with Gasteiger partial charge in [-0.2, -0.15) is 4.98 Å². The number of rotatable bonds is 6. The number of carboxylic acids is 1. The second kappa shape index (κ2) is 5.61. The number of ether oxygens (including phenoxy) is 1. The van der Waals surface area contributed by atoms with E-state index < -0.39 is 5.97 Å². The Morgan fingerprint density at radius 3 is 3.00 bits per heavy atom. The van der Waals surface area contributed by atoms with Crippen LogP contribution in [0.4, 0.5) is 5.82 Å². The molecule has 0 radical (unpaired) electrons. The third kappa shape index (κ3) is 2.79. The molecule has 0 aliphatic carbocycles. The molecular formula is C11H14N4O4. The van der Waals surface area contributed by atoms with Gasteiger partial charge in [-0.3, -0.25) is 4.79 Å². The second-order valence-corrected chi connectivity index (χ2v) is 3.95. The molecule has 0 spiro atoms. The number of aliphatic carboxylic acids is 1. The molecule has 2 aromatic heterocycles. The standard InChI is InChI=1S/C11H14N4O4/c1-7-9-10(12-6-13-11(9)19-14-7)15(3-4-18-2)5-8(16)17/h6H,3-5H2,1-2H3,(H,16,17). The zero-order valence-corrected chi connectivity index (χ0v) is 10.7. The summed E-state index contributed by atoms with van der Waals surface area (Å²) in [7, 11) is 1.55. The van der Waals surface area contributed by atoms with E-state index in [1.54, 1.807) is 18.9 Å². The van der Waals surface area contributed by atoms with Gasteiger partial charge in [-0.05, 0) is 6.92 Å². The van der Waals surface area contributed by atoms with Gasteiger partial charge < -0.3 is 19.3 Å². The number of aryl methyl sites for hydroxylation is 1. The van der Waals surface area contributed by atoms with E-state index in [0.29, 0.717) is 35.8 Å². The van der Waals surface area contributed by atoms with Gasteiger partial charge in [0.25, 0.3) is 5.71 Å². The van der Waals surface area contributed by atoms with E-state index in [-0.39, 0.29) is 6.54 Å². The molecule has 2 heterocycles. The molecule has 0 aliphatic rings. The van der Waals surface area contributed by atoms with Crippen LogP contribution in [0.2, 0.25) is 0 Å². The molecule has 8 heteroatoms. The Morgan fingerprint density at radius 2 is 2.32 bits per heavy atom. The summed E-state index contributed by atoms with van der Waals surface area (Å²) in [6.45, 7) is 2.37. The van der Waals surface area contributed by atoms with Crippen molar-refractivity contribution in [1.29, 1.82) is 0 Å². The molecule has 8 nitrogen and oxygen atoms in total. The highest BCUT2D eigenvalue weighted by Gasteiger charge is 2.19. The average molecular weight is 266 g/mol. The fourth-order valence-electron chi connectivity index (χ4n) is 1.77. The fraction of sp³-hybridized carbons (Fsp3) is 0.455. The number of nitrogens with zero attached hydrogens (tertiary/aromatic N) is 4. The lowest BCUT2D eigenvalue weighted by Gasteiger charge is -2.21. The smallest absolute Gasteiger partial charge is 0.323 e. The predicted molar refractivity (Wildman–Crippen MR) is 66.1 cm³/mol. The van der Waals surface area contributed by atoms with E-state index in [1.807, 2.05) is 0 Å². The molecule has 19 heavy (non-hydrogen) atoms. The number of anilines is 1. The van der Waals surface area contributed by atoms with Gasteiger partial charge >= 0.3 is 5.97 Å². The number of hydrogen-bond acceptors (Lipinski definition) is 7. The van der Waals surface area contributed by atoms with Crippen LogP contribution in [0.5, 0.6) is 0 Å². The zero-order valence-electron chi connectivity index (χ0n) is 10.7. The van der Waals surface area contributed by atoms with E-state index in [0.717, 1.165) is 0 Å². The van der Waals surface area contributed by atoms with Crippen LogP contribution in [0, 0.1) is 6.92 Å². The van der Waals surface area contributed by atoms with Crippen molar-refractivity contribution in [2.75, 3.05) is 31.7 Å². The van der Waals surface area contributed by atoms with Crippen LogP contribution in [0.3, 0.4) is 0 Å². The Hall–Kier alpha value is -2.22. The SMILES string of the molecule is COCCN(CC(=O)O)c1ncnc2onc(C)c12. The Kier molecular flexibility index (Phi) is 3.91. The Morgan fingerprint density at radius 1 is 1.53 bits per heavy atom. The third-order valence-electron chi connectivity index (χ3n) is 2.61. The number of methoxy groups -OCH3 is 1. The van der Waals surface area contributed by atoms with Gasteiger partial charge in [0, 0.05) is 13.7 Å². The van der Waals surface area contributed by atoms with Crippen LogP contribution >= 0.6 is 0 Å². The molecular weight excluding hydrogens is 252 g/mol. The normalized spacial score (nSPS) is 10.8. The van der Waals surface area contributed by atoms with Crippen LogP contribution in [0.15, 0.2) is 10.9 Å². The lowest BCUT2D eigenvalue weighted by atomic mass is 10.3. The van der Waals surface area contributed by atoms with Gasteiger partial charge in [0.2, 0.25) is 0 Å². The van der Waals surface area contributed by atoms with Crippen molar-refractivity contribution < 1.29 is 19.2 Å². The first-order valence-corrected chi connectivity index (χ1v) is 5.66. The molecule has 0 saturated carbocycles. The van der Waals surface area contributed by atoms with Gasteiger partial charge in [-0.25, -0.2) is 4.98 Å². The first-order chi connectivity index (χ1) is 9.13. The molecule has 0 amide bonds.